The third-order valence-electron chi connectivity index (χ3n) is 3.77. The lowest BCUT2D eigenvalue weighted by Gasteiger charge is -2.20. The molecule has 0 saturated heterocycles. The topological polar surface area (TPSA) is 103 Å². The van der Waals surface area contributed by atoms with E-state index in [0.717, 1.165) is 4.47 Å². The lowest BCUT2D eigenvalue weighted by molar-refractivity contribution is -0.383. The molecular formula is C16H18BrN3O5. The Hall–Kier alpha value is -2.42. The number of carbonyl (C=O) groups is 2. The van der Waals surface area contributed by atoms with E-state index in [4.69, 9.17) is 4.74 Å². The molecule has 0 unspecified atom stereocenters. The van der Waals surface area contributed by atoms with Crippen LogP contribution in [0.25, 0.3) is 10.9 Å². The predicted octanol–water partition coefficient (Wildman–Crippen LogP) is 2.63. The van der Waals surface area contributed by atoms with Crippen molar-refractivity contribution in [2.24, 2.45) is 5.92 Å². The van der Waals surface area contributed by atoms with Crippen molar-refractivity contribution in [2.45, 2.75) is 26.4 Å². The summed E-state index contributed by atoms with van der Waals surface area (Å²) >= 11 is 3.32. The van der Waals surface area contributed by atoms with Gasteiger partial charge in [0.25, 0.3) is 5.69 Å². The fourth-order valence-electron chi connectivity index (χ4n) is 2.52. The largest absolute Gasteiger partial charge is 0.467 e. The molecule has 1 N–H and O–H groups in total. The second kappa shape index (κ2) is 7.64. The summed E-state index contributed by atoms with van der Waals surface area (Å²) in [6.07, 6.45) is 1.32. The first-order valence-corrected chi connectivity index (χ1v) is 8.34. The van der Waals surface area contributed by atoms with Gasteiger partial charge >= 0.3 is 5.97 Å². The Morgan fingerprint density at radius 1 is 1.40 bits per heavy atom. The maximum absolute atomic E-state index is 12.3. The smallest absolute Gasteiger partial charge is 0.328 e. The number of rotatable bonds is 6. The number of nitro groups is 1. The summed E-state index contributed by atoms with van der Waals surface area (Å²) in [6, 6.07) is 4.25. The van der Waals surface area contributed by atoms with Gasteiger partial charge in [-0.3, -0.25) is 14.9 Å². The molecule has 0 bridgehead atoms. The molecule has 2 rings (SSSR count). The first-order valence-electron chi connectivity index (χ1n) is 7.54. The number of nitrogens with zero attached hydrogens (tertiary/aromatic N) is 2. The van der Waals surface area contributed by atoms with Crippen molar-refractivity contribution in [1.29, 1.82) is 0 Å². The molecule has 0 aliphatic rings. The monoisotopic (exact) mass is 411 g/mol. The summed E-state index contributed by atoms with van der Waals surface area (Å²) in [5, 5.41) is 14.3. The maximum atomic E-state index is 12.3. The highest BCUT2D eigenvalue weighted by Crippen LogP contribution is 2.30. The number of methoxy groups -OCH3 is 1. The zero-order valence-corrected chi connectivity index (χ0v) is 15.6. The zero-order chi connectivity index (χ0) is 18.7. The molecule has 134 valence electrons. The van der Waals surface area contributed by atoms with Gasteiger partial charge in [-0.15, -0.1) is 0 Å². The van der Waals surface area contributed by atoms with Crippen LogP contribution in [0.15, 0.2) is 28.9 Å². The molecule has 1 heterocycles. The van der Waals surface area contributed by atoms with Gasteiger partial charge in [0.05, 0.1) is 29.1 Å². The van der Waals surface area contributed by atoms with Crippen molar-refractivity contribution < 1.29 is 19.2 Å². The third kappa shape index (κ3) is 4.16. The summed E-state index contributed by atoms with van der Waals surface area (Å²) in [5.41, 5.74) is 0.471. The van der Waals surface area contributed by atoms with Gasteiger partial charge in [-0.05, 0) is 24.1 Å². The molecule has 0 aliphatic heterocycles. The van der Waals surface area contributed by atoms with Gasteiger partial charge < -0.3 is 14.6 Å². The van der Waals surface area contributed by atoms with Crippen molar-refractivity contribution in [3.05, 3.63) is 39.0 Å². The summed E-state index contributed by atoms with van der Waals surface area (Å²) in [4.78, 5) is 34.8. The average molecular weight is 412 g/mol. The molecule has 0 spiro atoms. The highest BCUT2D eigenvalue weighted by Gasteiger charge is 2.26. The Kier molecular flexibility index (Phi) is 5.78. The average Bonchev–Trinajstić information content (AvgIpc) is 2.89. The van der Waals surface area contributed by atoms with Crippen LogP contribution in [0.2, 0.25) is 0 Å². The van der Waals surface area contributed by atoms with E-state index in [9.17, 15) is 19.7 Å². The fourth-order valence-corrected chi connectivity index (χ4v) is 2.87. The number of nitrogens with one attached hydrogen (secondary N) is 1. The second-order valence-corrected chi connectivity index (χ2v) is 6.79. The zero-order valence-electron chi connectivity index (χ0n) is 14.0. The summed E-state index contributed by atoms with van der Waals surface area (Å²) < 4.78 is 6.92. The number of hydrogen-bond donors (Lipinski definition) is 1. The van der Waals surface area contributed by atoms with Crippen LogP contribution in [0.1, 0.15) is 13.8 Å². The molecule has 1 aromatic heterocycles. The lowest BCUT2D eigenvalue weighted by Crippen LogP contribution is -2.46. The Morgan fingerprint density at radius 2 is 2.08 bits per heavy atom. The van der Waals surface area contributed by atoms with Crippen LogP contribution in [0.5, 0.6) is 0 Å². The number of ether oxygens (including phenoxy) is 1. The van der Waals surface area contributed by atoms with Gasteiger partial charge in [0.15, 0.2) is 0 Å². The van der Waals surface area contributed by atoms with Crippen LogP contribution in [-0.4, -0.2) is 34.5 Å². The first kappa shape index (κ1) is 18.9. The SMILES string of the molecule is COC(=O)[C@@H](NC(=O)Cn1cc([N+](=O)[O-])c2ccc(Br)cc21)C(C)C. The number of esters is 1. The molecule has 8 nitrogen and oxygen atoms in total. The van der Waals surface area contributed by atoms with E-state index in [0.29, 0.717) is 10.9 Å². The van der Waals surface area contributed by atoms with Crippen LogP contribution in [0, 0.1) is 16.0 Å². The van der Waals surface area contributed by atoms with Gasteiger partial charge in [0, 0.05) is 4.47 Å². The molecule has 1 amide bonds. The van der Waals surface area contributed by atoms with E-state index in [-0.39, 0.29) is 18.2 Å². The molecule has 25 heavy (non-hydrogen) atoms. The Bertz CT molecular complexity index is 831. The van der Waals surface area contributed by atoms with Crippen LogP contribution >= 0.6 is 15.9 Å². The Labute approximate surface area is 152 Å². The summed E-state index contributed by atoms with van der Waals surface area (Å²) in [7, 11) is 1.25. The lowest BCUT2D eigenvalue weighted by atomic mass is 10.0. The number of benzene rings is 1. The Balaban J connectivity index is 2.30. The van der Waals surface area contributed by atoms with E-state index < -0.39 is 22.8 Å². The molecular weight excluding hydrogens is 394 g/mol. The van der Waals surface area contributed by atoms with E-state index in [1.165, 1.54) is 17.9 Å². The summed E-state index contributed by atoms with van der Waals surface area (Å²) in [6.45, 7) is 3.42. The number of amides is 1. The summed E-state index contributed by atoms with van der Waals surface area (Å²) in [5.74, 6) is -1.12. The quantitative estimate of drug-likeness (QED) is 0.446. The van der Waals surface area contributed by atoms with Crippen molar-refractivity contribution in [2.75, 3.05) is 7.11 Å². The highest BCUT2D eigenvalue weighted by molar-refractivity contribution is 9.10. The molecule has 1 atom stereocenters. The molecule has 0 fully saturated rings. The molecule has 1 aromatic carbocycles. The molecule has 0 aliphatic carbocycles. The fraction of sp³-hybridized carbons (Fsp3) is 0.375. The van der Waals surface area contributed by atoms with E-state index in [1.54, 1.807) is 32.0 Å². The van der Waals surface area contributed by atoms with Crippen LogP contribution < -0.4 is 5.32 Å². The van der Waals surface area contributed by atoms with Crippen LogP contribution in [0.3, 0.4) is 0 Å². The standard InChI is InChI=1S/C16H18BrN3O5/c1-9(2)15(16(22)25-3)18-14(21)8-19-7-13(20(23)24)11-5-4-10(17)6-12(11)19/h4-7,9,15H,8H2,1-3H3,(H,18,21)/t15-/m0/s1. The number of aromatic nitrogens is 1. The number of hydrogen-bond acceptors (Lipinski definition) is 5. The minimum atomic E-state index is -0.777. The number of halogens is 1. The predicted molar refractivity (Wildman–Crippen MR) is 95.1 cm³/mol. The first-order chi connectivity index (χ1) is 11.7. The Morgan fingerprint density at radius 3 is 2.64 bits per heavy atom. The van der Waals surface area contributed by atoms with Crippen LogP contribution in [-0.2, 0) is 20.9 Å². The minimum Gasteiger partial charge on any atom is -0.467 e. The minimum absolute atomic E-state index is 0.0799. The van der Waals surface area contributed by atoms with E-state index in [2.05, 4.69) is 21.2 Å². The molecule has 0 radical (unpaired) electrons. The number of fused-ring (bicyclic) bond motifs is 1. The van der Waals surface area contributed by atoms with E-state index in [1.807, 2.05) is 0 Å². The van der Waals surface area contributed by atoms with Crippen molar-refractivity contribution in [1.82, 2.24) is 9.88 Å². The van der Waals surface area contributed by atoms with Crippen molar-refractivity contribution in [3.8, 4) is 0 Å². The van der Waals surface area contributed by atoms with Gasteiger partial charge in [-0.25, -0.2) is 4.79 Å². The normalized spacial score (nSPS) is 12.2. The molecule has 9 heteroatoms. The van der Waals surface area contributed by atoms with Gasteiger partial charge in [0.2, 0.25) is 5.91 Å². The second-order valence-electron chi connectivity index (χ2n) is 5.87. The van der Waals surface area contributed by atoms with Crippen LogP contribution in [0.4, 0.5) is 5.69 Å². The van der Waals surface area contributed by atoms with Crippen molar-refractivity contribution in [3.63, 3.8) is 0 Å². The van der Waals surface area contributed by atoms with Gasteiger partial charge in [-0.1, -0.05) is 29.8 Å². The third-order valence-corrected chi connectivity index (χ3v) is 4.27. The molecule has 0 saturated carbocycles. The van der Waals surface area contributed by atoms with E-state index >= 15 is 0 Å². The van der Waals surface area contributed by atoms with Crippen molar-refractivity contribution >= 4 is 44.4 Å². The highest BCUT2D eigenvalue weighted by atomic mass is 79.9. The molecule has 2 aromatic rings. The number of carbonyl (C=O) groups excluding carboxylic acids is 2. The van der Waals surface area contributed by atoms with Gasteiger partial charge in [0.1, 0.15) is 12.6 Å². The maximum Gasteiger partial charge on any atom is 0.328 e. The van der Waals surface area contributed by atoms with Gasteiger partial charge in [-0.2, -0.15) is 0 Å².